The molecule has 1 atom stereocenters. The molecule has 3 aliphatic heterocycles. The van der Waals surface area contributed by atoms with Gasteiger partial charge in [0.2, 0.25) is 7.44 Å². The van der Waals surface area contributed by atoms with Crippen molar-refractivity contribution in [2.45, 2.75) is 5.78 Å². The van der Waals surface area contributed by atoms with Crippen molar-refractivity contribution >= 4 is 7.44 Å². The summed E-state index contributed by atoms with van der Waals surface area (Å²) in [7, 11) is -3.03. The number of hydrogen-bond acceptors (Lipinski definition) is 5. The highest BCUT2D eigenvalue weighted by atomic mass is 31.2. The molecule has 7 nitrogen and oxygen atoms in total. The van der Waals surface area contributed by atoms with Crippen molar-refractivity contribution in [3.63, 3.8) is 0 Å². The SMILES string of the molecule is O=P(C(c1ccc(F)cc1)N1CCOCC1)(N1CCOCC1)N1CCOCC1. The number of benzene rings is 1. The Hall–Kier alpha value is -0.860. The van der Waals surface area contributed by atoms with E-state index in [1.165, 1.54) is 12.1 Å². The molecular formula is C19H29FN3O4P. The normalized spacial score (nSPS) is 24.9. The number of rotatable bonds is 5. The number of halogens is 1. The second-order valence-corrected chi connectivity index (χ2v) is 10.1. The van der Waals surface area contributed by atoms with E-state index in [1.54, 1.807) is 12.1 Å². The van der Waals surface area contributed by atoms with Crippen molar-refractivity contribution in [2.75, 3.05) is 78.9 Å². The zero-order chi connectivity index (χ0) is 19.4. The summed E-state index contributed by atoms with van der Waals surface area (Å²) in [6.07, 6.45) is 0. The fourth-order valence-corrected chi connectivity index (χ4v) is 7.91. The number of hydrogen-bond donors (Lipinski definition) is 0. The standard InChI is InChI=1S/C19H29FN3O4P/c20-18-3-1-17(2-4-18)19(21-5-11-25-12-6-21)28(24,22-7-13-26-14-8-22)23-9-15-27-16-10-23/h1-4,19H,5-16H2. The van der Waals surface area contributed by atoms with Crippen LogP contribution in [0.1, 0.15) is 11.3 Å². The van der Waals surface area contributed by atoms with Crippen molar-refractivity contribution in [2.24, 2.45) is 0 Å². The van der Waals surface area contributed by atoms with Crippen LogP contribution in [0.3, 0.4) is 0 Å². The Morgan fingerprint density at radius 3 is 1.64 bits per heavy atom. The van der Waals surface area contributed by atoms with Gasteiger partial charge in [-0.3, -0.25) is 9.46 Å². The first-order valence-electron chi connectivity index (χ1n) is 10.0. The van der Waals surface area contributed by atoms with Crippen LogP contribution in [0.15, 0.2) is 24.3 Å². The summed E-state index contributed by atoms with van der Waals surface area (Å²) in [5.41, 5.74) is 0.893. The van der Waals surface area contributed by atoms with E-state index in [9.17, 15) is 8.96 Å². The van der Waals surface area contributed by atoms with Crippen LogP contribution in [-0.4, -0.2) is 93.2 Å². The van der Waals surface area contributed by atoms with Crippen LogP contribution in [0.4, 0.5) is 4.39 Å². The second-order valence-electron chi connectivity index (χ2n) is 7.29. The molecule has 9 heteroatoms. The van der Waals surface area contributed by atoms with Gasteiger partial charge < -0.3 is 14.2 Å². The maximum atomic E-state index is 15.0. The van der Waals surface area contributed by atoms with Crippen molar-refractivity contribution in [1.82, 2.24) is 14.2 Å². The van der Waals surface area contributed by atoms with Crippen LogP contribution in [0.2, 0.25) is 0 Å². The molecule has 1 aromatic rings. The van der Waals surface area contributed by atoms with E-state index in [-0.39, 0.29) is 11.6 Å². The fraction of sp³-hybridized carbons (Fsp3) is 0.684. The molecule has 0 spiro atoms. The topological polar surface area (TPSA) is 54.5 Å². The largest absolute Gasteiger partial charge is 0.379 e. The molecule has 0 bridgehead atoms. The van der Waals surface area contributed by atoms with Crippen LogP contribution in [0, 0.1) is 5.82 Å². The highest BCUT2D eigenvalue weighted by molar-refractivity contribution is 7.59. The molecule has 0 amide bonds. The number of ether oxygens (including phenoxy) is 3. The van der Waals surface area contributed by atoms with E-state index in [0.717, 1.165) is 5.56 Å². The Morgan fingerprint density at radius 1 is 0.750 bits per heavy atom. The van der Waals surface area contributed by atoms with Crippen molar-refractivity contribution in [3.05, 3.63) is 35.6 Å². The Balaban J connectivity index is 1.76. The Bertz CT molecular complexity index is 652. The van der Waals surface area contributed by atoms with Crippen LogP contribution >= 0.6 is 7.44 Å². The van der Waals surface area contributed by atoms with E-state index in [4.69, 9.17) is 14.2 Å². The Kier molecular flexibility index (Phi) is 6.78. The molecule has 28 heavy (non-hydrogen) atoms. The van der Waals surface area contributed by atoms with E-state index in [2.05, 4.69) is 14.2 Å². The minimum atomic E-state index is -3.03. The molecule has 156 valence electrons. The van der Waals surface area contributed by atoms with Gasteiger partial charge in [-0.2, -0.15) is 0 Å². The smallest absolute Gasteiger partial charge is 0.237 e. The average Bonchev–Trinajstić information content (AvgIpc) is 2.77. The summed E-state index contributed by atoms with van der Waals surface area (Å²) in [4.78, 5) is 2.25. The molecule has 0 saturated carbocycles. The summed E-state index contributed by atoms with van der Waals surface area (Å²) in [5, 5.41) is 0. The first-order valence-corrected chi connectivity index (χ1v) is 11.7. The van der Waals surface area contributed by atoms with E-state index >= 15 is 0 Å². The van der Waals surface area contributed by atoms with Crippen molar-refractivity contribution in [3.8, 4) is 0 Å². The summed E-state index contributed by atoms with van der Waals surface area (Å²) in [5.74, 6) is -0.606. The average molecular weight is 413 g/mol. The third kappa shape index (κ3) is 4.19. The predicted molar refractivity (Wildman–Crippen MR) is 104 cm³/mol. The summed E-state index contributed by atoms with van der Waals surface area (Å²) in [6, 6.07) is 6.49. The van der Waals surface area contributed by atoms with Gasteiger partial charge in [0.25, 0.3) is 0 Å². The Labute approximate surface area is 165 Å². The lowest BCUT2D eigenvalue weighted by molar-refractivity contribution is 0.0199. The zero-order valence-corrected chi connectivity index (χ0v) is 17.1. The van der Waals surface area contributed by atoms with E-state index in [0.29, 0.717) is 78.9 Å². The van der Waals surface area contributed by atoms with Gasteiger partial charge in [0.05, 0.1) is 39.6 Å². The highest BCUT2D eigenvalue weighted by Gasteiger charge is 2.48. The van der Waals surface area contributed by atoms with Gasteiger partial charge in [-0.25, -0.2) is 13.7 Å². The van der Waals surface area contributed by atoms with Gasteiger partial charge in [0.1, 0.15) is 11.6 Å². The van der Waals surface area contributed by atoms with Crippen LogP contribution in [-0.2, 0) is 18.8 Å². The maximum Gasteiger partial charge on any atom is 0.237 e. The molecule has 0 aliphatic carbocycles. The third-order valence-corrected chi connectivity index (χ3v) is 9.35. The zero-order valence-electron chi connectivity index (χ0n) is 16.2. The molecule has 1 aromatic carbocycles. The van der Waals surface area contributed by atoms with Crippen LogP contribution in [0.25, 0.3) is 0 Å². The van der Waals surface area contributed by atoms with E-state index < -0.39 is 7.44 Å². The molecule has 0 N–H and O–H groups in total. The van der Waals surface area contributed by atoms with Gasteiger partial charge in [-0.05, 0) is 17.7 Å². The van der Waals surface area contributed by atoms with Crippen LogP contribution in [0.5, 0.6) is 0 Å². The lowest BCUT2D eigenvalue weighted by Crippen LogP contribution is -2.49. The van der Waals surface area contributed by atoms with Gasteiger partial charge >= 0.3 is 0 Å². The fourth-order valence-electron chi connectivity index (χ4n) is 4.24. The van der Waals surface area contributed by atoms with Crippen LogP contribution < -0.4 is 0 Å². The molecule has 3 aliphatic rings. The second kappa shape index (κ2) is 9.30. The molecule has 3 fully saturated rings. The van der Waals surface area contributed by atoms with Gasteiger partial charge in [-0.15, -0.1) is 0 Å². The molecule has 1 unspecified atom stereocenters. The molecule has 3 saturated heterocycles. The minimum absolute atomic E-state index is 0.281. The maximum absolute atomic E-state index is 15.0. The first-order chi connectivity index (χ1) is 13.7. The first kappa shape index (κ1) is 20.4. The third-order valence-electron chi connectivity index (χ3n) is 5.66. The molecule has 4 rings (SSSR count). The summed E-state index contributed by atoms with van der Waals surface area (Å²) < 4.78 is 49.5. The molecule has 3 heterocycles. The molecular weight excluding hydrogens is 384 g/mol. The minimum Gasteiger partial charge on any atom is -0.379 e. The molecule has 0 radical (unpaired) electrons. The van der Waals surface area contributed by atoms with E-state index in [1.807, 2.05) is 0 Å². The number of nitrogens with zero attached hydrogens (tertiary/aromatic N) is 3. The summed E-state index contributed by atoms with van der Waals surface area (Å²) >= 11 is 0. The van der Waals surface area contributed by atoms with Gasteiger partial charge in [-0.1, -0.05) is 12.1 Å². The lowest BCUT2D eigenvalue weighted by Gasteiger charge is -2.49. The predicted octanol–water partition coefficient (Wildman–Crippen LogP) is 2.01. The monoisotopic (exact) mass is 413 g/mol. The summed E-state index contributed by atoms with van der Waals surface area (Å²) in [6.45, 7) is 7.50. The Morgan fingerprint density at radius 2 is 1.18 bits per heavy atom. The van der Waals surface area contributed by atoms with Crippen molar-refractivity contribution < 1.29 is 23.2 Å². The number of morpholine rings is 3. The molecule has 0 aromatic heterocycles. The highest BCUT2D eigenvalue weighted by Crippen LogP contribution is 2.65. The quantitative estimate of drug-likeness (QED) is 0.685. The lowest BCUT2D eigenvalue weighted by atomic mass is 10.2. The van der Waals surface area contributed by atoms with Gasteiger partial charge in [0, 0.05) is 39.3 Å². The van der Waals surface area contributed by atoms with Gasteiger partial charge in [0.15, 0.2) is 0 Å². The van der Waals surface area contributed by atoms with Crippen molar-refractivity contribution in [1.29, 1.82) is 0 Å².